The molecule has 152 valence electrons. The van der Waals surface area contributed by atoms with Crippen molar-refractivity contribution in [2.45, 2.75) is 28.9 Å². The van der Waals surface area contributed by atoms with Crippen LogP contribution in [0.15, 0.2) is 58.3 Å². The molecule has 1 saturated heterocycles. The van der Waals surface area contributed by atoms with E-state index in [1.807, 2.05) is 44.2 Å². The van der Waals surface area contributed by atoms with Gasteiger partial charge in [-0.1, -0.05) is 29.8 Å². The predicted octanol–water partition coefficient (Wildman–Crippen LogP) is 2.88. The molecule has 0 bridgehead atoms. The quantitative estimate of drug-likeness (QED) is 0.683. The summed E-state index contributed by atoms with van der Waals surface area (Å²) in [6.45, 7) is 5.01. The minimum Gasteiger partial charge on any atom is -0.339 e. The summed E-state index contributed by atoms with van der Waals surface area (Å²) in [5.74, 6) is 0.00467. The molecule has 1 heterocycles. The molecule has 0 spiro atoms. The smallest absolute Gasteiger partial charge is 0.244 e. The van der Waals surface area contributed by atoms with Crippen LogP contribution >= 0.6 is 11.8 Å². The number of aryl methyl sites for hydroxylation is 1. The van der Waals surface area contributed by atoms with Gasteiger partial charge in [0.25, 0.3) is 0 Å². The molecule has 1 unspecified atom stereocenters. The van der Waals surface area contributed by atoms with Crippen LogP contribution in [0.1, 0.15) is 18.1 Å². The van der Waals surface area contributed by atoms with E-state index in [2.05, 4.69) is 0 Å². The first-order chi connectivity index (χ1) is 13.8. The normalized spacial score (nSPS) is 16.2. The number of carbonyl (C=O) groups excluding carboxylic acids is 1. The van der Waals surface area contributed by atoms with Crippen LogP contribution in [0.3, 0.4) is 0 Å². The Morgan fingerprint density at radius 3 is 2.31 bits per heavy atom. The maximum absolute atomic E-state index is 12.9. The number of rotatable bonds is 5. The lowest BCUT2D eigenvalue weighted by Crippen LogP contribution is -2.52. The van der Waals surface area contributed by atoms with Gasteiger partial charge in [0.05, 0.1) is 15.7 Å². The molecule has 6 nitrogen and oxygen atoms in total. The van der Waals surface area contributed by atoms with E-state index in [4.69, 9.17) is 0 Å². The lowest BCUT2D eigenvalue weighted by Gasteiger charge is -2.35. The van der Waals surface area contributed by atoms with Gasteiger partial charge in [-0.05, 0) is 38.1 Å². The van der Waals surface area contributed by atoms with E-state index in [1.54, 1.807) is 17.0 Å². The summed E-state index contributed by atoms with van der Waals surface area (Å²) in [7, 11) is -3.76. The summed E-state index contributed by atoms with van der Waals surface area (Å²) in [4.78, 5) is 15.6. The van der Waals surface area contributed by atoms with Gasteiger partial charge in [0.1, 0.15) is 6.07 Å². The van der Waals surface area contributed by atoms with Crippen molar-refractivity contribution in [3.8, 4) is 6.07 Å². The van der Waals surface area contributed by atoms with Crippen LogP contribution in [-0.4, -0.2) is 55.0 Å². The van der Waals surface area contributed by atoms with Crippen molar-refractivity contribution in [3.05, 3.63) is 59.7 Å². The lowest BCUT2D eigenvalue weighted by molar-refractivity contribution is -0.131. The molecular formula is C21H23N3O3S2. The van der Waals surface area contributed by atoms with E-state index in [-0.39, 0.29) is 34.7 Å². The molecule has 0 aromatic heterocycles. The maximum atomic E-state index is 12.9. The second kappa shape index (κ2) is 8.99. The number of hydrogen-bond acceptors (Lipinski definition) is 5. The van der Waals surface area contributed by atoms with Gasteiger partial charge in [0.2, 0.25) is 15.9 Å². The number of amides is 1. The van der Waals surface area contributed by atoms with Crippen LogP contribution in [0.2, 0.25) is 0 Å². The van der Waals surface area contributed by atoms with Gasteiger partial charge in [-0.2, -0.15) is 9.57 Å². The zero-order valence-electron chi connectivity index (χ0n) is 16.4. The molecule has 8 heteroatoms. The second-order valence-corrected chi connectivity index (χ2v) is 10.2. The third kappa shape index (κ3) is 4.81. The molecule has 3 rings (SSSR count). The minimum absolute atomic E-state index is 0.00467. The molecule has 0 N–H and O–H groups in total. The third-order valence-electron chi connectivity index (χ3n) is 4.86. The standard InChI is InChI=1S/C21H23N3O3S2/c1-16-7-9-19(10-8-16)28-17(2)21(25)23-11-13-24(14-12-23)29(26,27)20-6-4-3-5-18(20)15-22/h3-10,17H,11-14H2,1-2H3. The summed E-state index contributed by atoms with van der Waals surface area (Å²) >= 11 is 1.50. The van der Waals surface area contributed by atoms with E-state index >= 15 is 0 Å². The van der Waals surface area contributed by atoms with Crippen LogP contribution in [0.5, 0.6) is 0 Å². The average Bonchev–Trinajstić information content (AvgIpc) is 2.74. The molecule has 2 aromatic carbocycles. The van der Waals surface area contributed by atoms with Crippen LogP contribution in [0, 0.1) is 18.3 Å². The largest absolute Gasteiger partial charge is 0.339 e. The SMILES string of the molecule is Cc1ccc(SC(C)C(=O)N2CCN(S(=O)(=O)c3ccccc3C#N)CC2)cc1. The molecule has 0 aliphatic carbocycles. The van der Waals surface area contributed by atoms with Crippen LogP contribution in [0.25, 0.3) is 0 Å². The zero-order valence-corrected chi connectivity index (χ0v) is 18.0. The Morgan fingerprint density at radius 1 is 1.07 bits per heavy atom. The van der Waals surface area contributed by atoms with Crippen molar-refractivity contribution < 1.29 is 13.2 Å². The molecule has 0 radical (unpaired) electrons. The number of hydrogen-bond donors (Lipinski definition) is 0. The Morgan fingerprint density at radius 2 is 1.69 bits per heavy atom. The highest BCUT2D eigenvalue weighted by atomic mass is 32.2. The van der Waals surface area contributed by atoms with Crippen molar-refractivity contribution in [2.75, 3.05) is 26.2 Å². The molecular weight excluding hydrogens is 406 g/mol. The molecule has 1 aliphatic heterocycles. The first-order valence-corrected chi connectivity index (χ1v) is 11.7. The highest BCUT2D eigenvalue weighted by molar-refractivity contribution is 8.00. The number of thioether (sulfide) groups is 1. The number of sulfonamides is 1. The van der Waals surface area contributed by atoms with E-state index < -0.39 is 10.0 Å². The van der Waals surface area contributed by atoms with Gasteiger partial charge in [-0.15, -0.1) is 11.8 Å². The third-order valence-corrected chi connectivity index (χ3v) is 7.91. The summed E-state index contributed by atoms with van der Waals surface area (Å²) < 4.78 is 27.2. The summed E-state index contributed by atoms with van der Waals surface area (Å²) in [6.07, 6.45) is 0. The fourth-order valence-electron chi connectivity index (χ4n) is 3.20. The lowest BCUT2D eigenvalue weighted by atomic mass is 10.2. The van der Waals surface area contributed by atoms with Crippen LogP contribution in [0.4, 0.5) is 0 Å². The van der Waals surface area contributed by atoms with Crippen LogP contribution in [-0.2, 0) is 14.8 Å². The number of piperazine rings is 1. The molecule has 29 heavy (non-hydrogen) atoms. The Balaban J connectivity index is 1.63. The highest BCUT2D eigenvalue weighted by Gasteiger charge is 2.32. The van der Waals surface area contributed by atoms with Crippen molar-refractivity contribution in [1.29, 1.82) is 5.26 Å². The van der Waals surface area contributed by atoms with E-state index in [1.165, 1.54) is 33.8 Å². The molecule has 1 aliphatic rings. The fourth-order valence-corrected chi connectivity index (χ4v) is 5.72. The van der Waals surface area contributed by atoms with Gasteiger partial charge in [-0.25, -0.2) is 8.42 Å². The van der Waals surface area contributed by atoms with Crippen molar-refractivity contribution >= 4 is 27.7 Å². The van der Waals surface area contributed by atoms with Gasteiger partial charge < -0.3 is 4.90 Å². The molecule has 1 amide bonds. The van der Waals surface area contributed by atoms with Gasteiger partial charge in [0.15, 0.2) is 0 Å². The Kier molecular flexibility index (Phi) is 6.63. The number of nitrogens with zero attached hydrogens (tertiary/aromatic N) is 3. The van der Waals surface area contributed by atoms with Gasteiger partial charge >= 0.3 is 0 Å². The monoisotopic (exact) mass is 429 g/mol. The van der Waals surface area contributed by atoms with Crippen molar-refractivity contribution in [3.63, 3.8) is 0 Å². The Hall–Kier alpha value is -2.34. The van der Waals surface area contributed by atoms with E-state index in [0.29, 0.717) is 13.1 Å². The van der Waals surface area contributed by atoms with E-state index in [0.717, 1.165) is 4.90 Å². The first-order valence-electron chi connectivity index (χ1n) is 9.34. The Bertz CT molecular complexity index is 1020. The van der Waals surface area contributed by atoms with Crippen molar-refractivity contribution in [1.82, 2.24) is 9.21 Å². The summed E-state index contributed by atoms with van der Waals surface area (Å²) in [6, 6.07) is 16.2. The number of nitriles is 1. The summed E-state index contributed by atoms with van der Waals surface area (Å²) in [5, 5.41) is 8.95. The molecule has 2 aromatic rings. The molecule has 0 saturated carbocycles. The zero-order chi connectivity index (χ0) is 21.0. The first kappa shape index (κ1) is 21.4. The van der Waals surface area contributed by atoms with E-state index in [9.17, 15) is 18.5 Å². The second-order valence-electron chi connectivity index (χ2n) is 6.91. The van der Waals surface area contributed by atoms with Crippen LogP contribution < -0.4 is 0 Å². The fraction of sp³-hybridized carbons (Fsp3) is 0.333. The molecule has 1 fully saturated rings. The number of benzene rings is 2. The predicted molar refractivity (Wildman–Crippen MR) is 113 cm³/mol. The van der Waals surface area contributed by atoms with Crippen molar-refractivity contribution in [2.24, 2.45) is 0 Å². The maximum Gasteiger partial charge on any atom is 0.244 e. The average molecular weight is 430 g/mol. The topological polar surface area (TPSA) is 81.5 Å². The van der Waals surface area contributed by atoms with Gasteiger partial charge in [-0.3, -0.25) is 4.79 Å². The van der Waals surface area contributed by atoms with Gasteiger partial charge in [0, 0.05) is 31.1 Å². The number of carbonyl (C=O) groups is 1. The molecule has 1 atom stereocenters. The minimum atomic E-state index is -3.76. The highest BCUT2D eigenvalue weighted by Crippen LogP contribution is 2.26. The summed E-state index contributed by atoms with van der Waals surface area (Å²) in [5.41, 5.74) is 1.30. The Labute approximate surface area is 176 Å².